The minimum Gasteiger partial charge on any atom is -0.493 e. The molecule has 0 unspecified atom stereocenters. The Hall–Kier alpha value is -3.58. The van der Waals surface area contributed by atoms with Crippen LogP contribution in [0.25, 0.3) is 0 Å². The third-order valence-corrected chi connectivity index (χ3v) is 4.70. The quantitative estimate of drug-likeness (QED) is 0.509. The van der Waals surface area contributed by atoms with E-state index in [1.165, 1.54) is 5.56 Å². The number of carbonyl (C=O) groups excluding carboxylic acids is 1. The SMILES string of the molecule is COc1ccc(NC(=S)NC(=O)c2ccccc2OCCc2ccccc2)cc1OC. The van der Waals surface area contributed by atoms with Gasteiger partial charge in [0.05, 0.1) is 26.4 Å². The smallest absolute Gasteiger partial charge is 0.261 e. The summed E-state index contributed by atoms with van der Waals surface area (Å²) in [5.74, 6) is 1.31. The highest BCUT2D eigenvalue weighted by atomic mass is 32.1. The molecule has 0 atom stereocenters. The van der Waals surface area contributed by atoms with Crippen molar-refractivity contribution in [3.05, 3.63) is 83.9 Å². The monoisotopic (exact) mass is 436 g/mol. The summed E-state index contributed by atoms with van der Waals surface area (Å²) in [6, 6.07) is 22.4. The van der Waals surface area contributed by atoms with E-state index < -0.39 is 0 Å². The number of hydrogen-bond acceptors (Lipinski definition) is 5. The molecule has 0 aromatic heterocycles. The molecule has 160 valence electrons. The predicted molar refractivity (Wildman–Crippen MR) is 125 cm³/mol. The minimum atomic E-state index is -0.353. The lowest BCUT2D eigenvalue weighted by atomic mass is 10.1. The highest BCUT2D eigenvalue weighted by molar-refractivity contribution is 7.80. The van der Waals surface area contributed by atoms with Gasteiger partial charge in [0.1, 0.15) is 5.75 Å². The maximum atomic E-state index is 12.8. The van der Waals surface area contributed by atoms with Crippen molar-refractivity contribution >= 4 is 28.9 Å². The summed E-state index contributed by atoms with van der Waals surface area (Å²) in [6.07, 6.45) is 0.746. The highest BCUT2D eigenvalue weighted by Crippen LogP contribution is 2.29. The topological polar surface area (TPSA) is 68.8 Å². The second-order valence-electron chi connectivity index (χ2n) is 6.56. The number of carbonyl (C=O) groups is 1. The van der Waals surface area contributed by atoms with Gasteiger partial charge < -0.3 is 19.5 Å². The number of benzene rings is 3. The van der Waals surface area contributed by atoms with Crippen LogP contribution in [0.1, 0.15) is 15.9 Å². The van der Waals surface area contributed by atoms with Crippen LogP contribution >= 0.6 is 12.2 Å². The maximum Gasteiger partial charge on any atom is 0.261 e. The summed E-state index contributed by atoms with van der Waals surface area (Å²) in [4.78, 5) is 12.8. The van der Waals surface area contributed by atoms with E-state index in [9.17, 15) is 4.79 Å². The summed E-state index contributed by atoms with van der Waals surface area (Å²) in [7, 11) is 3.12. The van der Waals surface area contributed by atoms with Crippen molar-refractivity contribution in [3.63, 3.8) is 0 Å². The minimum absolute atomic E-state index is 0.163. The molecule has 0 saturated heterocycles. The Morgan fingerprint density at radius 1 is 0.871 bits per heavy atom. The molecule has 0 heterocycles. The predicted octanol–water partition coefficient (Wildman–Crippen LogP) is 4.45. The molecule has 0 saturated carbocycles. The molecule has 6 nitrogen and oxygen atoms in total. The van der Waals surface area contributed by atoms with E-state index in [2.05, 4.69) is 10.6 Å². The molecular weight excluding hydrogens is 412 g/mol. The molecule has 2 N–H and O–H groups in total. The first kappa shape index (κ1) is 22.1. The molecule has 1 amide bonds. The van der Waals surface area contributed by atoms with E-state index in [0.717, 1.165) is 6.42 Å². The Bertz CT molecular complexity index is 1040. The van der Waals surface area contributed by atoms with Crippen LogP contribution in [-0.2, 0) is 6.42 Å². The number of methoxy groups -OCH3 is 2. The van der Waals surface area contributed by atoms with E-state index in [0.29, 0.717) is 35.1 Å². The number of rotatable bonds is 8. The molecule has 0 aliphatic rings. The summed E-state index contributed by atoms with van der Waals surface area (Å²) in [5, 5.41) is 5.83. The normalized spacial score (nSPS) is 10.1. The lowest BCUT2D eigenvalue weighted by molar-refractivity contribution is 0.0974. The fraction of sp³-hybridized carbons (Fsp3) is 0.167. The fourth-order valence-corrected chi connectivity index (χ4v) is 3.16. The van der Waals surface area contributed by atoms with E-state index >= 15 is 0 Å². The van der Waals surface area contributed by atoms with Gasteiger partial charge in [-0.2, -0.15) is 0 Å². The molecular formula is C24H24N2O4S. The third-order valence-electron chi connectivity index (χ3n) is 4.49. The Labute approximate surface area is 187 Å². The van der Waals surface area contributed by atoms with Crippen LogP contribution in [0.2, 0.25) is 0 Å². The van der Waals surface area contributed by atoms with Gasteiger partial charge in [0.2, 0.25) is 0 Å². The first-order chi connectivity index (χ1) is 15.1. The molecule has 0 aliphatic heterocycles. The van der Waals surface area contributed by atoms with Crippen LogP contribution < -0.4 is 24.8 Å². The van der Waals surface area contributed by atoms with Gasteiger partial charge in [-0.05, 0) is 42.0 Å². The van der Waals surface area contributed by atoms with Crippen LogP contribution in [-0.4, -0.2) is 31.8 Å². The lowest BCUT2D eigenvalue weighted by Crippen LogP contribution is -2.34. The molecule has 0 spiro atoms. The number of hydrogen-bond donors (Lipinski definition) is 2. The average Bonchev–Trinajstić information content (AvgIpc) is 2.80. The standard InChI is InChI=1S/C24H24N2O4S/c1-28-21-13-12-18(16-22(21)29-2)25-24(31)26-23(27)19-10-6-7-11-20(19)30-15-14-17-8-4-3-5-9-17/h3-13,16H,14-15H2,1-2H3,(H2,25,26,27,31). The van der Waals surface area contributed by atoms with Gasteiger partial charge in [-0.15, -0.1) is 0 Å². The van der Waals surface area contributed by atoms with Crippen molar-refractivity contribution in [2.24, 2.45) is 0 Å². The Kier molecular flexibility index (Phi) is 7.84. The van der Waals surface area contributed by atoms with Crippen molar-refractivity contribution in [3.8, 4) is 17.2 Å². The van der Waals surface area contributed by atoms with E-state index in [-0.39, 0.29) is 11.0 Å². The Morgan fingerprint density at radius 2 is 1.58 bits per heavy atom. The summed E-state index contributed by atoms with van der Waals surface area (Å²) in [5.41, 5.74) is 2.24. The van der Waals surface area contributed by atoms with Crippen LogP contribution in [0.15, 0.2) is 72.8 Å². The van der Waals surface area contributed by atoms with E-state index in [1.54, 1.807) is 50.6 Å². The highest BCUT2D eigenvalue weighted by Gasteiger charge is 2.14. The molecule has 0 aliphatic carbocycles. The van der Waals surface area contributed by atoms with Crippen molar-refractivity contribution in [2.45, 2.75) is 6.42 Å². The third kappa shape index (κ3) is 6.20. The Balaban J connectivity index is 1.60. The fourth-order valence-electron chi connectivity index (χ4n) is 2.95. The van der Waals surface area contributed by atoms with Gasteiger partial charge in [-0.25, -0.2) is 0 Å². The second-order valence-corrected chi connectivity index (χ2v) is 6.97. The van der Waals surface area contributed by atoms with Gasteiger partial charge >= 0.3 is 0 Å². The largest absolute Gasteiger partial charge is 0.493 e. The molecule has 0 radical (unpaired) electrons. The molecule has 3 aromatic rings. The van der Waals surface area contributed by atoms with Crippen LogP contribution in [0.3, 0.4) is 0 Å². The van der Waals surface area contributed by atoms with Gasteiger partial charge in [0.15, 0.2) is 16.6 Å². The lowest BCUT2D eigenvalue weighted by Gasteiger charge is -2.14. The van der Waals surface area contributed by atoms with E-state index in [4.69, 9.17) is 26.4 Å². The first-order valence-corrected chi connectivity index (χ1v) is 10.1. The van der Waals surface area contributed by atoms with Crippen molar-refractivity contribution < 1.29 is 19.0 Å². The van der Waals surface area contributed by atoms with Gasteiger partial charge in [-0.3, -0.25) is 10.1 Å². The zero-order valence-corrected chi connectivity index (χ0v) is 18.2. The molecule has 3 rings (SSSR count). The number of nitrogens with one attached hydrogen (secondary N) is 2. The number of ether oxygens (including phenoxy) is 3. The van der Waals surface area contributed by atoms with Crippen LogP contribution in [0.5, 0.6) is 17.2 Å². The summed E-state index contributed by atoms with van der Waals surface area (Å²) >= 11 is 5.29. The molecule has 3 aromatic carbocycles. The summed E-state index contributed by atoms with van der Waals surface area (Å²) in [6.45, 7) is 0.461. The summed E-state index contributed by atoms with van der Waals surface area (Å²) < 4.78 is 16.4. The number of para-hydroxylation sites is 1. The molecule has 31 heavy (non-hydrogen) atoms. The average molecular weight is 437 g/mol. The van der Waals surface area contributed by atoms with Gasteiger partial charge in [0.25, 0.3) is 5.91 Å². The molecule has 0 fully saturated rings. The number of thiocarbonyl (C=S) groups is 1. The van der Waals surface area contributed by atoms with Crippen molar-refractivity contribution in [1.82, 2.24) is 5.32 Å². The van der Waals surface area contributed by atoms with Crippen molar-refractivity contribution in [2.75, 3.05) is 26.1 Å². The first-order valence-electron chi connectivity index (χ1n) is 9.71. The Morgan fingerprint density at radius 3 is 2.32 bits per heavy atom. The maximum absolute atomic E-state index is 12.8. The number of anilines is 1. The van der Waals surface area contributed by atoms with Crippen molar-refractivity contribution in [1.29, 1.82) is 0 Å². The molecule has 7 heteroatoms. The zero-order chi connectivity index (χ0) is 22.1. The van der Waals surface area contributed by atoms with Crippen LogP contribution in [0.4, 0.5) is 5.69 Å². The van der Waals surface area contributed by atoms with E-state index in [1.807, 2.05) is 36.4 Å². The molecule has 0 bridgehead atoms. The second kappa shape index (κ2) is 11.0. The van der Waals surface area contributed by atoms with Gasteiger partial charge in [0, 0.05) is 18.2 Å². The zero-order valence-electron chi connectivity index (χ0n) is 17.4. The van der Waals surface area contributed by atoms with Crippen LogP contribution in [0, 0.1) is 0 Å². The number of amides is 1. The van der Waals surface area contributed by atoms with Gasteiger partial charge in [-0.1, -0.05) is 42.5 Å².